The molecule has 92 valence electrons. The van der Waals surface area contributed by atoms with E-state index in [4.69, 9.17) is 4.74 Å². The highest BCUT2D eigenvalue weighted by Gasteiger charge is 2.41. The van der Waals surface area contributed by atoms with Crippen LogP contribution in [0.3, 0.4) is 0 Å². The Morgan fingerprint density at radius 1 is 1.41 bits per heavy atom. The van der Waals surface area contributed by atoms with Crippen molar-refractivity contribution in [2.75, 3.05) is 0 Å². The Hall–Kier alpha value is -1.15. The van der Waals surface area contributed by atoms with Crippen molar-refractivity contribution in [3.63, 3.8) is 0 Å². The highest BCUT2D eigenvalue weighted by Crippen LogP contribution is 2.45. The molecule has 2 heteroatoms. The lowest BCUT2D eigenvalue weighted by molar-refractivity contribution is -0.111. The van der Waals surface area contributed by atoms with Gasteiger partial charge in [0.2, 0.25) is 0 Å². The van der Waals surface area contributed by atoms with Crippen LogP contribution in [0.15, 0.2) is 30.3 Å². The van der Waals surface area contributed by atoms with Crippen molar-refractivity contribution in [1.82, 2.24) is 0 Å². The Bertz CT molecular complexity index is 347. The highest BCUT2D eigenvalue weighted by atomic mass is 16.5. The summed E-state index contributed by atoms with van der Waals surface area (Å²) < 4.78 is 5.89. The average molecular weight is 232 g/mol. The molecule has 0 spiro atoms. The summed E-state index contributed by atoms with van der Waals surface area (Å²) >= 11 is 0. The number of hydrogen-bond donors (Lipinski definition) is 0. The van der Waals surface area contributed by atoms with Crippen LogP contribution in [0, 0.1) is 11.8 Å². The Balaban J connectivity index is 1.84. The number of benzene rings is 1. The number of aldehydes is 1. The number of rotatable bonds is 7. The maximum atomic E-state index is 10.7. The normalized spacial score (nSPS) is 24.3. The van der Waals surface area contributed by atoms with Crippen molar-refractivity contribution in [2.24, 2.45) is 11.8 Å². The van der Waals surface area contributed by atoms with Crippen LogP contribution < -0.4 is 0 Å². The monoisotopic (exact) mass is 232 g/mol. The zero-order valence-corrected chi connectivity index (χ0v) is 10.3. The van der Waals surface area contributed by atoms with Crippen molar-refractivity contribution in [2.45, 2.75) is 38.9 Å². The fourth-order valence-electron chi connectivity index (χ4n) is 2.43. The second-order valence-electron chi connectivity index (χ2n) is 4.81. The number of hydrogen-bond acceptors (Lipinski definition) is 2. The molecule has 0 N–H and O–H groups in total. The molecule has 1 saturated carbocycles. The molecule has 0 heterocycles. The highest BCUT2D eigenvalue weighted by molar-refractivity contribution is 5.50. The molecule has 1 aromatic rings. The maximum Gasteiger partial charge on any atom is 0.122 e. The lowest BCUT2D eigenvalue weighted by Gasteiger charge is -2.15. The van der Waals surface area contributed by atoms with Crippen LogP contribution >= 0.6 is 0 Å². The molecular formula is C15H20O2. The van der Waals surface area contributed by atoms with Crippen LogP contribution in [0.2, 0.25) is 0 Å². The van der Waals surface area contributed by atoms with Crippen molar-refractivity contribution in [1.29, 1.82) is 0 Å². The molecule has 2 nitrogen and oxygen atoms in total. The van der Waals surface area contributed by atoms with E-state index in [1.54, 1.807) is 0 Å². The van der Waals surface area contributed by atoms with Gasteiger partial charge in [-0.2, -0.15) is 0 Å². The summed E-state index contributed by atoms with van der Waals surface area (Å²) in [6.45, 7) is 2.83. The predicted octanol–water partition coefficient (Wildman–Crippen LogP) is 3.21. The van der Waals surface area contributed by atoms with E-state index in [-0.39, 0.29) is 6.10 Å². The van der Waals surface area contributed by atoms with Gasteiger partial charge in [0.1, 0.15) is 6.29 Å². The van der Waals surface area contributed by atoms with Crippen LogP contribution in [0.4, 0.5) is 0 Å². The topological polar surface area (TPSA) is 26.3 Å². The van der Waals surface area contributed by atoms with E-state index in [9.17, 15) is 4.79 Å². The Morgan fingerprint density at radius 3 is 2.76 bits per heavy atom. The zero-order valence-electron chi connectivity index (χ0n) is 10.3. The van der Waals surface area contributed by atoms with Gasteiger partial charge in [-0.05, 0) is 23.8 Å². The quantitative estimate of drug-likeness (QED) is 0.675. The van der Waals surface area contributed by atoms with Gasteiger partial charge in [0.25, 0.3) is 0 Å². The molecule has 0 bridgehead atoms. The van der Waals surface area contributed by atoms with E-state index in [0.29, 0.717) is 18.9 Å². The predicted molar refractivity (Wildman–Crippen MR) is 67.6 cm³/mol. The molecule has 2 rings (SSSR count). The van der Waals surface area contributed by atoms with Crippen LogP contribution in [0.5, 0.6) is 0 Å². The zero-order chi connectivity index (χ0) is 12.1. The van der Waals surface area contributed by atoms with Crippen molar-refractivity contribution in [3.8, 4) is 0 Å². The summed E-state index contributed by atoms with van der Waals surface area (Å²) in [5.74, 6) is 1.38. The molecule has 1 fully saturated rings. The first-order valence-electron chi connectivity index (χ1n) is 6.44. The minimum absolute atomic E-state index is 0.123. The Labute approximate surface area is 103 Å². The molecule has 1 aliphatic carbocycles. The van der Waals surface area contributed by atoms with E-state index in [1.165, 1.54) is 18.4 Å². The SMILES string of the molecule is CCC1CC1C(CC=O)OCc1ccccc1. The minimum atomic E-state index is 0.123. The summed E-state index contributed by atoms with van der Waals surface area (Å²) in [7, 11) is 0. The summed E-state index contributed by atoms with van der Waals surface area (Å²) in [6, 6.07) is 10.1. The van der Waals surface area contributed by atoms with Crippen molar-refractivity contribution >= 4 is 6.29 Å². The summed E-state index contributed by atoms with van der Waals surface area (Å²) in [5.41, 5.74) is 1.18. The van der Waals surface area contributed by atoms with Gasteiger partial charge in [-0.15, -0.1) is 0 Å². The molecule has 0 radical (unpaired) electrons. The Morgan fingerprint density at radius 2 is 2.18 bits per heavy atom. The fourth-order valence-corrected chi connectivity index (χ4v) is 2.43. The van der Waals surface area contributed by atoms with Crippen LogP contribution in [0.25, 0.3) is 0 Å². The van der Waals surface area contributed by atoms with Crippen molar-refractivity contribution < 1.29 is 9.53 Å². The van der Waals surface area contributed by atoms with E-state index in [1.807, 2.05) is 18.2 Å². The molecule has 3 unspecified atom stereocenters. The summed E-state index contributed by atoms with van der Waals surface area (Å²) in [4.78, 5) is 10.7. The number of ether oxygens (including phenoxy) is 1. The lowest BCUT2D eigenvalue weighted by atomic mass is 10.1. The first kappa shape index (κ1) is 12.3. The van der Waals surface area contributed by atoms with E-state index < -0.39 is 0 Å². The first-order chi connectivity index (χ1) is 8.35. The third kappa shape index (κ3) is 3.40. The van der Waals surface area contributed by atoms with Crippen LogP contribution in [-0.4, -0.2) is 12.4 Å². The largest absolute Gasteiger partial charge is 0.373 e. The van der Waals surface area contributed by atoms with Gasteiger partial charge < -0.3 is 9.53 Å². The van der Waals surface area contributed by atoms with Gasteiger partial charge in [0.05, 0.1) is 12.7 Å². The second-order valence-corrected chi connectivity index (χ2v) is 4.81. The van der Waals surface area contributed by atoms with Gasteiger partial charge in [0.15, 0.2) is 0 Å². The van der Waals surface area contributed by atoms with Gasteiger partial charge in [-0.1, -0.05) is 43.7 Å². The molecule has 0 saturated heterocycles. The molecule has 0 amide bonds. The van der Waals surface area contributed by atoms with Gasteiger partial charge in [-0.25, -0.2) is 0 Å². The minimum Gasteiger partial charge on any atom is -0.373 e. The molecule has 1 aliphatic rings. The molecular weight excluding hydrogens is 212 g/mol. The first-order valence-corrected chi connectivity index (χ1v) is 6.44. The van der Waals surface area contributed by atoms with E-state index in [0.717, 1.165) is 12.2 Å². The maximum absolute atomic E-state index is 10.7. The molecule has 0 aliphatic heterocycles. The van der Waals surface area contributed by atoms with E-state index in [2.05, 4.69) is 19.1 Å². The smallest absolute Gasteiger partial charge is 0.122 e. The van der Waals surface area contributed by atoms with Gasteiger partial charge in [-0.3, -0.25) is 0 Å². The molecule has 1 aromatic carbocycles. The number of carbonyl (C=O) groups excluding carboxylic acids is 1. The lowest BCUT2D eigenvalue weighted by Crippen LogP contribution is -2.17. The Kier molecular flexibility index (Phi) is 4.32. The standard InChI is InChI=1S/C15H20O2/c1-2-13-10-14(13)15(8-9-16)17-11-12-6-4-3-5-7-12/h3-7,9,13-15H,2,8,10-11H2,1H3. The average Bonchev–Trinajstić information content (AvgIpc) is 3.15. The van der Waals surface area contributed by atoms with Crippen LogP contribution in [0.1, 0.15) is 31.7 Å². The van der Waals surface area contributed by atoms with E-state index >= 15 is 0 Å². The summed E-state index contributed by atoms with van der Waals surface area (Å²) in [6.07, 6.45) is 4.07. The van der Waals surface area contributed by atoms with Crippen LogP contribution in [-0.2, 0) is 16.1 Å². The summed E-state index contributed by atoms with van der Waals surface area (Å²) in [5, 5.41) is 0. The third-order valence-electron chi connectivity index (χ3n) is 3.61. The second kappa shape index (κ2) is 5.97. The third-order valence-corrected chi connectivity index (χ3v) is 3.61. The molecule has 0 aromatic heterocycles. The molecule has 3 atom stereocenters. The van der Waals surface area contributed by atoms with Gasteiger partial charge in [0, 0.05) is 6.42 Å². The fraction of sp³-hybridized carbons (Fsp3) is 0.533. The van der Waals surface area contributed by atoms with Crippen molar-refractivity contribution in [3.05, 3.63) is 35.9 Å². The number of carbonyl (C=O) groups is 1. The molecule has 17 heavy (non-hydrogen) atoms. The van der Waals surface area contributed by atoms with Gasteiger partial charge >= 0.3 is 0 Å².